The van der Waals surface area contributed by atoms with Crippen LogP contribution in [0, 0.1) is 0 Å². The number of amides is 2. The molecular weight excluding hydrogens is 294 g/mol. The minimum Gasteiger partial charge on any atom is -0.352 e. The molecule has 0 spiro atoms. The monoisotopic (exact) mass is 315 g/mol. The van der Waals surface area contributed by atoms with Crippen molar-refractivity contribution < 1.29 is 9.59 Å². The Bertz CT molecular complexity index is 707. The van der Waals surface area contributed by atoms with Gasteiger partial charge in [0.1, 0.15) is 11.0 Å². The highest BCUT2D eigenvalue weighted by atomic mass is 16.2. The van der Waals surface area contributed by atoms with Crippen molar-refractivity contribution in [2.45, 2.75) is 32.6 Å². The highest BCUT2D eigenvalue weighted by Crippen LogP contribution is 2.15. The van der Waals surface area contributed by atoms with Gasteiger partial charge in [0.05, 0.1) is 0 Å². The highest BCUT2D eigenvalue weighted by Gasteiger charge is 2.05. The van der Waals surface area contributed by atoms with E-state index in [1.807, 2.05) is 0 Å². The molecule has 2 rings (SSSR count). The van der Waals surface area contributed by atoms with Gasteiger partial charge >= 0.3 is 0 Å². The normalized spacial score (nSPS) is 10.5. The van der Waals surface area contributed by atoms with E-state index in [1.54, 1.807) is 25.1 Å². The third kappa shape index (κ3) is 5.21. The van der Waals surface area contributed by atoms with Gasteiger partial charge in [-0.3, -0.25) is 9.59 Å². The third-order valence-corrected chi connectivity index (χ3v) is 3.35. The average Bonchev–Trinajstić information content (AvgIpc) is 2.97. The molecule has 1 heterocycles. The van der Waals surface area contributed by atoms with E-state index in [4.69, 9.17) is 0 Å². The summed E-state index contributed by atoms with van der Waals surface area (Å²) in [6, 6.07) is 5.39. The number of H-pyrrole nitrogens is 1. The van der Waals surface area contributed by atoms with Crippen LogP contribution in [0.2, 0.25) is 0 Å². The molecule has 0 aliphatic rings. The molecule has 0 radical (unpaired) electrons. The second-order valence-corrected chi connectivity index (χ2v) is 5.42. The van der Waals surface area contributed by atoms with Crippen molar-refractivity contribution >= 4 is 28.5 Å². The van der Waals surface area contributed by atoms with Crippen molar-refractivity contribution in [3.05, 3.63) is 30.4 Å². The SMILES string of the molecule is C=C(C)C(=O)NCCCCCC(=O)Nc1ccc2n[nH]nc2c1. The van der Waals surface area contributed by atoms with Gasteiger partial charge in [0.25, 0.3) is 0 Å². The van der Waals surface area contributed by atoms with Crippen LogP contribution in [0.25, 0.3) is 11.0 Å². The summed E-state index contributed by atoms with van der Waals surface area (Å²) in [7, 11) is 0. The summed E-state index contributed by atoms with van der Waals surface area (Å²) in [4.78, 5) is 23.2. The van der Waals surface area contributed by atoms with Crippen LogP contribution < -0.4 is 10.6 Å². The predicted octanol–water partition coefficient (Wildman–Crippen LogP) is 2.15. The van der Waals surface area contributed by atoms with Crippen molar-refractivity contribution in [1.29, 1.82) is 0 Å². The van der Waals surface area contributed by atoms with Gasteiger partial charge in [0.2, 0.25) is 11.8 Å². The van der Waals surface area contributed by atoms with E-state index in [2.05, 4.69) is 32.6 Å². The smallest absolute Gasteiger partial charge is 0.246 e. The summed E-state index contributed by atoms with van der Waals surface area (Å²) in [6.07, 6.45) is 2.95. The maximum absolute atomic E-state index is 11.9. The summed E-state index contributed by atoms with van der Waals surface area (Å²) < 4.78 is 0. The van der Waals surface area contributed by atoms with Crippen LogP contribution in [0.5, 0.6) is 0 Å². The first kappa shape index (κ1) is 16.7. The van der Waals surface area contributed by atoms with Crippen LogP contribution in [0.3, 0.4) is 0 Å². The number of anilines is 1. The van der Waals surface area contributed by atoms with Gasteiger partial charge in [0, 0.05) is 24.2 Å². The lowest BCUT2D eigenvalue weighted by atomic mass is 10.2. The fraction of sp³-hybridized carbons (Fsp3) is 0.375. The molecule has 0 aliphatic heterocycles. The Kier molecular flexibility index (Phi) is 5.85. The van der Waals surface area contributed by atoms with Crippen LogP contribution in [0.1, 0.15) is 32.6 Å². The summed E-state index contributed by atoms with van der Waals surface area (Å²) in [5.74, 6) is -0.148. The number of aromatic nitrogens is 3. The molecule has 0 bridgehead atoms. The molecule has 3 N–H and O–H groups in total. The van der Waals surface area contributed by atoms with Crippen molar-refractivity contribution in [3.8, 4) is 0 Å². The molecule has 7 heteroatoms. The van der Waals surface area contributed by atoms with E-state index in [-0.39, 0.29) is 11.8 Å². The van der Waals surface area contributed by atoms with Crippen molar-refractivity contribution in [2.24, 2.45) is 0 Å². The molecule has 122 valence electrons. The van der Waals surface area contributed by atoms with E-state index in [1.165, 1.54) is 0 Å². The van der Waals surface area contributed by atoms with Crippen LogP contribution in [0.15, 0.2) is 30.4 Å². The van der Waals surface area contributed by atoms with Crippen molar-refractivity contribution in [2.75, 3.05) is 11.9 Å². The minimum absolute atomic E-state index is 0.0289. The van der Waals surface area contributed by atoms with Crippen molar-refractivity contribution in [3.63, 3.8) is 0 Å². The first-order chi connectivity index (χ1) is 11.1. The molecule has 0 atom stereocenters. The average molecular weight is 315 g/mol. The summed E-state index contributed by atoms with van der Waals surface area (Å²) in [5.41, 5.74) is 2.70. The van der Waals surface area contributed by atoms with E-state index in [0.29, 0.717) is 24.2 Å². The van der Waals surface area contributed by atoms with Crippen LogP contribution in [-0.2, 0) is 9.59 Å². The van der Waals surface area contributed by atoms with Gasteiger partial charge in [-0.2, -0.15) is 15.4 Å². The van der Waals surface area contributed by atoms with E-state index in [0.717, 1.165) is 30.3 Å². The molecule has 0 fully saturated rings. The van der Waals surface area contributed by atoms with Gasteiger partial charge in [-0.15, -0.1) is 0 Å². The summed E-state index contributed by atoms with van der Waals surface area (Å²) in [5, 5.41) is 16.1. The Labute approximate surface area is 134 Å². The second kappa shape index (κ2) is 8.07. The molecular formula is C16H21N5O2. The Hall–Kier alpha value is -2.70. The van der Waals surface area contributed by atoms with Gasteiger partial charge in [0.15, 0.2) is 0 Å². The van der Waals surface area contributed by atoms with Gasteiger partial charge < -0.3 is 10.6 Å². The first-order valence-corrected chi connectivity index (χ1v) is 7.60. The molecule has 2 amide bonds. The zero-order valence-corrected chi connectivity index (χ0v) is 13.2. The number of carbonyl (C=O) groups excluding carboxylic acids is 2. The van der Waals surface area contributed by atoms with Gasteiger partial charge in [-0.25, -0.2) is 0 Å². The van der Waals surface area contributed by atoms with E-state index < -0.39 is 0 Å². The maximum Gasteiger partial charge on any atom is 0.246 e. The lowest BCUT2D eigenvalue weighted by Crippen LogP contribution is -2.24. The van der Waals surface area contributed by atoms with Gasteiger partial charge in [-0.1, -0.05) is 13.0 Å². The number of carbonyl (C=O) groups is 2. The fourth-order valence-corrected chi connectivity index (χ4v) is 2.08. The number of benzene rings is 1. The number of fused-ring (bicyclic) bond motifs is 1. The summed E-state index contributed by atoms with van der Waals surface area (Å²) >= 11 is 0. The zero-order valence-electron chi connectivity index (χ0n) is 13.2. The van der Waals surface area contributed by atoms with Gasteiger partial charge in [-0.05, 0) is 38.0 Å². The second-order valence-electron chi connectivity index (χ2n) is 5.42. The third-order valence-electron chi connectivity index (χ3n) is 3.35. The lowest BCUT2D eigenvalue weighted by molar-refractivity contribution is -0.118. The predicted molar refractivity (Wildman–Crippen MR) is 88.8 cm³/mol. The van der Waals surface area contributed by atoms with Crippen LogP contribution >= 0.6 is 0 Å². The highest BCUT2D eigenvalue weighted by molar-refractivity contribution is 5.93. The van der Waals surface area contributed by atoms with Crippen LogP contribution in [-0.4, -0.2) is 33.8 Å². The topological polar surface area (TPSA) is 99.8 Å². The zero-order chi connectivity index (χ0) is 16.7. The Morgan fingerprint density at radius 1 is 1.17 bits per heavy atom. The minimum atomic E-state index is -0.119. The number of hydrogen-bond acceptors (Lipinski definition) is 4. The summed E-state index contributed by atoms with van der Waals surface area (Å²) in [6.45, 7) is 5.86. The van der Waals surface area contributed by atoms with E-state index in [9.17, 15) is 9.59 Å². The number of rotatable bonds is 8. The molecule has 0 aliphatic carbocycles. The van der Waals surface area contributed by atoms with E-state index >= 15 is 0 Å². The number of aromatic amines is 1. The Balaban J connectivity index is 1.63. The molecule has 1 aromatic heterocycles. The number of nitrogens with zero attached hydrogens (tertiary/aromatic N) is 2. The maximum atomic E-state index is 11.9. The largest absolute Gasteiger partial charge is 0.352 e. The number of hydrogen-bond donors (Lipinski definition) is 3. The molecule has 2 aromatic rings. The molecule has 0 saturated carbocycles. The van der Waals surface area contributed by atoms with Crippen LogP contribution in [0.4, 0.5) is 5.69 Å². The Morgan fingerprint density at radius 2 is 1.96 bits per heavy atom. The quantitative estimate of drug-likeness (QED) is 0.513. The number of nitrogens with one attached hydrogen (secondary N) is 3. The fourth-order valence-electron chi connectivity index (χ4n) is 2.08. The number of unbranched alkanes of at least 4 members (excludes halogenated alkanes) is 2. The molecule has 0 saturated heterocycles. The standard InChI is InChI=1S/C16H21N5O2/c1-11(2)16(23)17-9-5-3-4-6-15(22)18-12-7-8-13-14(10-12)20-21-19-13/h7-8,10H,1,3-6,9H2,2H3,(H,17,23)(H,18,22)(H,19,20,21). The molecule has 23 heavy (non-hydrogen) atoms. The molecule has 7 nitrogen and oxygen atoms in total. The molecule has 1 aromatic carbocycles. The molecule has 0 unspecified atom stereocenters. The van der Waals surface area contributed by atoms with Crippen molar-refractivity contribution in [1.82, 2.24) is 20.7 Å². The first-order valence-electron chi connectivity index (χ1n) is 7.60. The lowest BCUT2D eigenvalue weighted by Gasteiger charge is -2.06. The Morgan fingerprint density at radius 3 is 2.74 bits per heavy atom.